The summed E-state index contributed by atoms with van der Waals surface area (Å²) in [4.78, 5) is 65.1. The fourth-order valence-corrected chi connectivity index (χ4v) is 3.73. The van der Waals surface area contributed by atoms with Crippen LogP contribution in [0.3, 0.4) is 0 Å². The molecule has 1 aromatic carbocycles. The zero-order valence-electron chi connectivity index (χ0n) is 17.4. The summed E-state index contributed by atoms with van der Waals surface area (Å²) >= 11 is 0. The van der Waals surface area contributed by atoms with Crippen molar-refractivity contribution >= 4 is 35.3 Å². The molecule has 4 rings (SSSR count). The van der Waals surface area contributed by atoms with Gasteiger partial charge in [-0.25, -0.2) is 9.78 Å². The molecule has 1 atom stereocenters. The Hall–Kier alpha value is -4.28. The van der Waals surface area contributed by atoms with Crippen LogP contribution in [0.25, 0.3) is 0 Å². The number of aromatic carboxylic acids is 1. The Labute approximate surface area is 187 Å². The molecular weight excluding hydrogens is 432 g/mol. The van der Waals surface area contributed by atoms with Crippen LogP contribution in [0, 0.1) is 0 Å². The van der Waals surface area contributed by atoms with Crippen LogP contribution in [0.1, 0.15) is 50.3 Å². The topological polar surface area (TPSA) is 155 Å². The molecule has 1 aromatic heterocycles. The first-order chi connectivity index (χ1) is 15.9. The highest BCUT2D eigenvalue weighted by Crippen LogP contribution is 2.32. The molecule has 4 amide bonds. The first kappa shape index (κ1) is 21.9. The van der Waals surface area contributed by atoms with E-state index in [1.54, 1.807) is 12.1 Å². The number of rotatable bonds is 8. The van der Waals surface area contributed by atoms with Gasteiger partial charge in [0.15, 0.2) is 0 Å². The molecule has 0 aliphatic carbocycles. The van der Waals surface area contributed by atoms with Crippen molar-refractivity contribution in [2.75, 3.05) is 18.5 Å². The first-order valence-electron chi connectivity index (χ1n) is 10.3. The minimum atomic E-state index is -1.07. The average Bonchev–Trinajstić information content (AvgIpc) is 3.05. The highest BCUT2D eigenvalue weighted by Gasteiger charge is 2.45. The van der Waals surface area contributed by atoms with Crippen LogP contribution in [0.5, 0.6) is 5.88 Å². The lowest BCUT2D eigenvalue weighted by atomic mass is 10.0. The maximum Gasteiger partial charge on any atom is 0.337 e. The van der Waals surface area contributed by atoms with E-state index >= 15 is 0 Å². The van der Waals surface area contributed by atoms with E-state index in [0.29, 0.717) is 24.5 Å². The number of hydrogen-bond acceptors (Lipinski definition) is 8. The molecule has 0 bridgehead atoms. The van der Waals surface area contributed by atoms with Crippen LogP contribution in [0.4, 0.5) is 5.69 Å². The van der Waals surface area contributed by atoms with Gasteiger partial charge >= 0.3 is 5.97 Å². The summed E-state index contributed by atoms with van der Waals surface area (Å²) in [6, 6.07) is 6.69. The number of carboxylic acid groups (broad SMARTS) is 1. The van der Waals surface area contributed by atoms with Gasteiger partial charge in [-0.15, -0.1) is 0 Å². The van der Waals surface area contributed by atoms with Crippen molar-refractivity contribution in [1.82, 2.24) is 15.2 Å². The second-order valence-electron chi connectivity index (χ2n) is 7.49. The molecule has 0 radical (unpaired) electrons. The van der Waals surface area contributed by atoms with Crippen LogP contribution in [-0.4, -0.2) is 63.8 Å². The Kier molecular flexibility index (Phi) is 6.03. The summed E-state index contributed by atoms with van der Waals surface area (Å²) < 4.78 is 5.48. The van der Waals surface area contributed by atoms with Gasteiger partial charge in [-0.05, 0) is 31.0 Å². The van der Waals surface area contributed by atoms with E-state index in [0.717, 1.165) is 4.90 Å². The zero-order chi connectivity index (χ0) is 23.5. The van der Waals surface area contributed by atoms with Crippen LogP contribution in [-0.2, 0) is 9.59 Å². The number of benzene rings is 1. The number of imide groups is 2. The van der Waals surface area contributed by atoms with Crippen LogP contribution >= 0.6 is 0 Å². The summed E-state index contributed by atoms with van der Waals surface area (Å²) in [7, 11) is 0. The van der Waals surface area contributed by atoms with Crippen molar-refractivity contribution in [1.29, 1.82) is 0 Å². The number of piperidine rings is 1. The molecule has 2 aromatic rings. The van der Waals surface area contributed by atoms with Gasteiger partial charge in [0.25, 0.3) is 11.8 Å². The third-order valence-corrected chi connectivity index (χ3v) is 5.34. The molecule has 2 aliphatic rings. The highest BCUT2D eigenvalue weighted by molar-refractivity contribution is 6.25. The summed E-state index contributed by atoms with van der Waals surface area (Å²) in [6.07, 6.45) is 1.89. The lowest BCUT2D eigenvalue weighted by Crippen LogP contribution is -2.54. The van der Waals surface area contributed by atoms with Gasteiger partial charge in [0.05, 0.1) is 23.3 Å². The summed E-state index contributed by atoms with van der Waals surface area (Å²) in [5, 5.41) is 14.2. The standard InChI is InChI=1S/C22H20N4O7/c27-16-7-6-15(19(28)25-16)26-20(29)13-3-1-4-14(18(13)21(26)30)23-9-2-10-33-17-8-5-12(11-24-17)22(31)32/h1,3-5,8,11,15,23H,2,6-7,9-10H2,(H,31,32)(H,25,27,28). The Morgan fingerprint density at radius 2 is 2.00 bits per heavy atom. The van der Waals surface area contributed by atoms with Gasteiger partial charge in [0.1, 0.15) is 6.04 Å². The maximum atomic E-state index is 13.0. The van der Waals surface area contributed by atoms with Gasteiger partial charge < -0.3 is 15.2 Å². The summed E-state index contributed by atoms with van der Waals surface area (Å²) in [6.45, 7) is 0.709. The Morgan fingerprint density at radius 3 is 2.70 bits per heavy atom. The predicted molar refractivity (Wildman–Crippen MR) is 113 cm³/mol. The molecule has 0 saturated carbocycles. The molecule has 2 aliphatic heterocycles. The van der Waals surface area contributed by atoms with Crippen molar-refractivity contribution < 1.29 is 33.8 Å². The quantitative estimate of drug-likeness (QED) is 0.394. The molecule has 170 valence electrons. The number of fused-ring (bicyclic) bond motifs is 1. The third-order valence-electron chi connectivity index (χ3n) is 5.34. The smallest absolute Gasteiger partial charge is 0.337 e. The summed E-state index contributed by atoms with van der Waals surface area (Å²) in [5.74, 6) is -3.00. The molecule has 1 unspecified atom stereocenters. The van der Waals surface area contributed by atoms with Crippen LogP contribution in [0.2, 0.25) is 0 Å². The average molecular weight is 452 g/mol. The molecule has 33 heavy (non-hydrogen) atoms. The number of hydrogen-bond donors (Lipinski definition) is 3. The number of amides is 4. The van der Waals surface area contributed by atoms with Crippen molar-refractivity contribution in [3.8, 4) is 5.88 Å². The molecule has 1 saturated heterocycles. The van der Waals surface area contributed by atoms with E-state index in [4.69, 9.17) is 9.84 Å². The monoisotopic (exact) mass is 452 g/mol. The summed E-state index contributed by atoms with van der Waals surface area (Å²) in [5.41, 5.74) is 0.921. The van der Waals surface area contributed by atoms with E-state index in [2.05, 4.69) is 15.6 Å². The zero-order valence-corrected chi connectivity index (χ0v) is 17.4. The van der Waals surface area contributed by atoms with E-state index in [9.17, 15) is 24.0 Å². The van der Waals surface area contributed by atoms with Crippen molar-refractivity contribution in [3.63, 3.8) is 0 Å². The third kappa shape index (κ3) is 4.38. The predicted octanol–water partition coefficient (Wildman–Crippen LogP) is 1.06. The van der Waals surface area contributed by atoms with E-state index in [-0.39, 0.29) is 36.1 Å². The number of ether oxygens (including phenoxy) is 1. The Morgan fingerprint density at radius 1 is 1.18 bits per heavy atom. The van der Waals surface area contributed by atoms with Crippen LogP contribution in [0.15, 0.2) is 36.5 Å². The second kappa shape index (κ2) is 9.07. The number of carbonyl (C=O) groups excluding carboxylic acids is 4. The number of carboxylic acids is 1. The number of aromatic nitrogens is 1. The van der Waals surface area contributed by atoms with Gasteiger partial charge in [-0.2, -0.15) is 0 Å². The SMILES string of the molecule is O=C1CCC(N2C(=O)c3cccc(NCCCOc4ccc(C(=O)O)cn4)c3C2=O)C(=O)N1. The van der Waals surface area contributed by atoms with E-state index in [1.165, 1.54) is 24.4 Å². The minimum Gasteiger partial charge on any atom is -0.478 e. The normalized spacial score (nSPS) is 17.6. The Bertz CT molecular complexity index is 1150. The highest BCUT2D eigenvalue weighted by atomic mass is 16.5. The number of nitrogens with zero attached hydrogens (tertiary/aromatic N) is 2. The molecule has 11 heteroatoms. The first-order valence-corrected chi connectivity index (χ1v) is 10.3. The molecule has 11 nitrogen and oxygen atoms in total. The van der Waals surface area contributed by atoms with Crippen molar-refractivity contribution in [3.05, 3.63) is 53.2 Å². The lowest BCUT2D eigenvalue weighted by Gasteiger charge is -2.27. The van der Waals surface area contributed by atoms with Crippen LogP contribution < -0.4 is 15.4 Å². The van der Waals surface area contributed by atoms with Gasteiger partial charge in [-0.3, -0.25) is 29.4 Å². The number of carbonyl (C=O) groups is 5. The van der Waals surface area contributed by atoms with Gasteiger partial charge in [0.2, 0.25) is 17.7 Å². The van der Waals surface area contributed by atoms with E-state index < -0.39 is 35.6 Å². The van der Waals surface area contributed by atoms with Gasteiger partial charge in [-0.1, -0.05) is 6.07 Å². The fraction of sp³-hybridized carbons (Fsp3) is 0.273. The van der Waals surface area contributed by atoms with Crippen molar-refractivity contribution in [2.45, 2.75) is 25.3 Å². The Balaban J connectivity index is 1.36. The van der Waals surface area contributed by atoms with E-state index in [1.807, 2.05) is 0 Å². The number of pyridine rings is 1. The molecule has 3 N–H and O–H groups in total. The second-order valence-corrected chi connectivity index (χ2v) is 7.49. The molecule has 0 spiro atoms. The lowest BCUT2D eigenvalue weighted by molar-refractivity contribution is -0.136. The largest absolute Gasteiger partial charge is 0.478 e. The number of anilines is 1. The molecule has 3 heterocycles. The minimum absolute atomic E-state index is 0.0583. The number of nitrogens with one attached hydrogen (secondary N) is 2. The molecular formula is C22H20N4O7. The maximum absolute atomic E-state index is 13.0. The fourth-order valence-electron chi connectivity index (χ4n) is 3.73. The van der Waals surface area contributed by atoms with Gasteiger partial charge in [0, 0.05) is 30.9 Å². The van der Waals surface area contributed by atoms with Crippen molar-refractivity contribution in [2.24, 2.45) is 0 Å². The molecule has 1 fully saturated rings.